The lowest BCUT2D eigenvalue weighted by Gasteiger charge is -2.43. The van der Waals surface area contributed by atoms with Crippen LogP contribution in [0.2, 0.25) is 0 Å². The third kappa shape index (κ3) is 3.48. The van der Waals surface area contributed by atoms with Crippen molar-refractivity contribution in [3.05, 3.63) is 59.7 Å². The molecule has 0 saturated carbocycles. The van der Waals surface area contributed by atoms with Gasteiger partial charge in [0.15, 0.2) is 12.6 Å². The number of phenolic OH excluding ortho intramolecular Hbond substituents is 2. The van der Waals surface area contributed by atoms with E-state index in [9.17, 15) is 10.2 Å². The standard InChI is InChI=1S/C19H20O6/c20-15-5-1-3-13(7-15)17-22-9-19(10-23-17)11-24-18(25-12-19)14-4-2-6-16(21)8-14/h1-8,17-18,20-21H,9-12H2. The van der Waals surface area contributed by atoms with Crippen molar-refractivity contribution in [2.24, 2.45) is 5.41 Å². The van der Waals surface area contributed by atoms with Gasteiger partial charge in [0.2, 0.25) is 0 Å². The van der Waals surface area contributed by atoms with Crippen LogP contribution in [0.25, 0.3) is 0 Å². The van der Waals surface area contributed by atoms with Crippen LogP contribution in [-0.4, -0.2) is 36.6 Å². The van der Waals surface area contributed by atoms with Gasteiger partial charge in [-0.25, -0.2) is 0 Å². The number of ether oxygens (including phenoxy) is 4. The molecule has 25 heavy (non-hydrogen) atoms. The molecule has 2 aromatic rings. The molecule has 2 N–H and O–H groups in total. The Morgan fingerprint density at radius 3 is 1.44 bits per heavy atom. The number of phenols is 2. The summed E-state index contributed by atoms with van der Waals surface area (Å²) in [5.74, 6) is 0.367. The second-order valence-electron chi connectivity index (χ2n) is 6.60. The van der Waals surface area contributed by atoms with Crippen molar-refractivity contribution < 1.29 is 29.2 Å². The fourth-order valence-electron chi connectivity index (χ4n) is 3.08. The molecule has 2 fully saturated rings. The van der Waals surface area contributed by atoms with E-state index in [0.717, 1.165) is 11.1 Å². The Morgan fingerprint density at radius 1 is 0.680 bits per heavy atom. The van der Waals surface area contributed by atoms with Crippen LogP contribution in [-0.2, 0) is 18.9 Å². The molecular formula is C19H20O6. The van der Waals surface area contributed by atoms with E-state index in [1.54, 1.807) is 36.4 Å². The topological polar surface area (TPSA) is 77.4 Å². The summed E-state index contributed by atoms with van der Waals surface area (Å²) >= 11 is 0. The van der Waals surface area contributed by atoms with Crippen LogP contribution in [0.3, 0.4) is 0 Å². The van der Waals surface area contributed by atoms with Gasteiger partial charge in [0.1, 0.15) is 11.5 Å². The van der Waals surface area contributed by atoms with Gasteiger partial charge < -0.3 is 29.2 Å². The van der Waals surface area contributed by atoms with Crippen molar-refractivity contribution in [3.63, 3.8) is 0 Å². The first-order chi connectivity index (χ1) is 12.1. The van der Waals surface area contributed by atoms with Gasteiger partial charge in [-0.05, 0) is 24.3 Å². The summed E-state index contributed by atoms with van der Waals surface area (Å²) in [5.41, 5.74) is 1.22. The fraction of sp³-hybridized carbons (Fsp3) is 0.368. The van der Waals surface area contributed by atoms with E-state index in [1.807, 2.05) is 12.1 Å². The second-order valence-corrected chi connectivity index (χ2v) is 6.60. The van der Waals surface area contributed by atoms with Gasteiger partial charge in [-0.1, -0.05) is 24.3 Å². The highest BCUT2D eigenvalue weighted by molar-refractivity contribution is 5.29. The molecule has 0 radical (unpaired) electrons. The van der Waals surface area contributed by atoms with Crippen LogP contribution in [0.5, 0.6) is 11.5 Å². The van der Waals surface area contributed by atoms with E-state index >= 15 is 0 Å². The number of hydrogen-bond donors (Lipinski definition) is 2. The first kappa shape index (κ1) is 16.4. The summed E-state index contributed by atoms with van der Waals surface area (Å²) in [4.78, 5) is 0. The van der Waals surface area contributed by atoms with Crippen LogP contribution < -0.4 is 0 Å². The van der Waals surface area contributed by atoms with E-state index in [-0.39, 0.29) is 16.9 Å². The smallest absolute Gasteiger partial charge is 0.183 e. The van der Waals surface area contributed by atoms with Crippen molar-refractivity contribution in [3.8, 4) is 11.5 Å². The zero-order valence-corrected chi connectivity index (χ0v) is 13.6. The van der Waals surface area contributed by atoms with Crippen molar-refractivity contribution in [1.29, 1.82) is 0 Å². The van der Waals surface area contributed by atoms with E-state index in [2.05, 4.69) is 0 Å². The predicted molar refractivity (Wildman–Crippen MR) is 87.9 cm³/mol. The summed E-state index contributed by atoms with van der Waals surface area (Å²) in [6, 6.07) is 13.7. The average Bonchev–Trinajstić information content (AvgIpc) is 2.63. The third-order valence-corrected chi connectivity index (χ3v) is 4.45. The number of benzene rings is 2. The highest BCUT2D eigenvalue weighted by Crippen LogP contribution is 2.38. The highest BCUT2D eigenvalue weighted by atomic mass is 16.7. The molecular weight excluding hydrogens is 324 g/mol. The molecule has 0 amide bonds. The van der Waals surface area contributed by atoms with Gasteiger partial charge in [0.05, 0.1) is 31.8 Å². The van der Waals surface area contributed by atoms with Crippen molar-refractivity contribution in [2.75, 3.05) is 26.4 Å². The molecule has 6 heteroatoms. The SMILES string of the molecule is Oc1cccc(C2OCC3(CO2)COC(c2cccc(O)c2)OC3)c1. The first-order valence-electron chi connectivity index (χ1n) is 8.18. The van der Waals surface area contributed by atoms with Crippen LogP contribution in [0.4, 0.5) is 0 Å². The van der Waals surface area contributed by atoms with Gasteiger partial charge in [-0.2, -0.15) is 0 Å². The molecule has 2 aromatic carbocycles. The van der Waals surface area contributed by atoms with E-state index in [0.29, 0.717) is 26.4 Å². The molecule has 0 atom stereocenters. The maximum atomic E-state index is 9.57. The maximum Gasteiger partial charge on any atom is 0.183 e. The Bertz CT molecular complexity index is 663. The lowest BCUT2D eigenvalue weighted by molar-refractivity contribution is -0.307. The lowest BCUT2D eigenvalue weighted by Crippen LogP contribution is -2.49. The highest BCUT2D eigenvalue weighted by Gasteiger charge is 2.42. The van der Waals surface area contributed by atoms with E-state index in [4.69, 9.17) is 18.9 Å². The molecule has 6 nitrogen and oxygen atoms in total. The molecule has 0 aromatic heterocycles. The van der Waals surface area contributed by atoms with Gasteiger partial charge in [-0.3, -0.25) is 0 Å². The summed E-state index contributed by atoms with van der Waals surface area (Å²) in [5, 5.41) is 19.1. The number of hydrogen-bond acceptors (Lipinski definition) is 6. The quantitative estimate of drug-likeness (QED) is 0.872. The second kappa shape index (κ2) is 6.65. The molecule has 2 heterocycles. The van der Waals surface area contributed by atoms with Crippen molar-refractivity contribution in [2.45, 2.75) is 12.6 Å². The number of rotatable bonds is 2. The number of aromatic hydroxyl groups is 2. The Labute approximate surface area is 145 Å². The monoisotopic (exact) mass is 344 g/mol. The molecule has 0 unspecified atom stereocenters. The molecule has 2 saturated heterocycles. The molecule has 0 bridgehead atoms. The largest absolute Gasteiger partial charge is 0.508 e. The Hall–Kier alpha value is -2.12. The molecule has 2 aliphatic heterocycles. The molecule has 132 valence electrons. The Kier molecular flexibility index (Phi) is 4.35. The van der Waals surface area contributed by atoms with Gasteiger partial charge >= 0.3 is 0 Å². The van der Waals surface area contributed by atoms with E-state index < -0.39 is 12.6 Å². The molecule has 2 aliphatic rings. The zero-order chi connectivity index (χ0) is 17.3. The van der Waals surface area contributed by atoms with Crippen molar-refractivity contribution in [1.82, 2.24) is 0 Å². The lowest BCUT2D eigenvalue weighted by atomic mass is 9.90. The fourth-order valence-corrected chi connectivity index (χ4v) is 3.08. The minimum Gasteiger partial charge on any atom is -0.508 e. The summed E-state index contributed by atoms with van der Waals surface area (Å²) < 4.78 is 23.4. The van der Waals surface area contributed by atoms with Crippen molar-refractivity contribution >= 4 is 0 Å². The summed E-state index contributed by atoms with van der Waals surface area (Å²) in [7, 11) is 0. The van der Waals surface area contributed by atoms with Crippen LogP contribution >= 0.6 is 0 Å². The normalized spacial score (nSPS) is 29.6. The van der Waals surface area contributed by atoms with E-state index in [1.165, 1.54) is 0 Å². The minimum atomic E-state index is -0.499. The first-order valence-corrected chi connectivity index (χ1v) is 8.18. The maximum absolute atomic E-state index is 9.57. The average molecular weight is 344 g/mol. The van der Waals surface area contributed by atoms with Crippen LogP contribution in [0, 0.1) is 5.41 Å². The minimum absolute atomic E-state index is 0.184. The molecule has 4 rings (SSSR count). The predicted octanol–water partition coefficient (Wildman–Crippen LogP) is 2.88. The molecule has 0 aliphatic carbocycles. The van der Waals surface area contributed by atoms with Crippen LogP contribution in [0.1, 0.15) is 23.7 Å². The Morgan fingerprint density at radius 2 is 1.08 bits per heavy atom. The molecule has 1 spiro atoms. The van der Waals surface area contributed by atoms with Gasteiger partial charge in [0.25, 0.3) is 0 Å². The van der Waals surface area contributed by atoms with Gasteiger partial charge in [0, 0.05) is 11.1 Å². The summed E-state index contributed by atoms with van der Waals surface area (Å²) in [6.45, 7) is 1.78. The van der Waals surface area contributed by atoms with Gasteiger partial charge in [-0.15, -0.1) is 0 Å². The Balaban J connectivity index is 1.36. The van der Waals surface area contributed by atoms with Crippen LogP contribution in [0.15, 0.2) is 48.5 Å². The zero-order valence-electron chi connectivity index (χ0n) is 13.6. The third-order valence-electron chi connectivity index (χ3n) is 4.45. The summed E-state index contributed by atoms with van der Waals surface area (Å²) in [6.07, 6.45) is -0.997.